The molecule has 0 radical (unpaired) electrons. The molecule has 0 unspecified atom stereocenters. The molecule has 1 saturated heterocycles. The summed E-state index contributed by atoms with van der Waals surface area (Å²) in [5.74, 6) is 1.04. The zero-order valence-electron chi connectivity index (χ0n) is 11.5. The summed E-state index contributed by atoms with van der Waals surface area (Å²) in [7, 11) is -0.329. The zero-order valence-corrected chi connectivity index (χ0v) is 11.5. The van der Waals surface area contributed by atoms with E-state index >= 15 is 0 Å². The monoisotopic (exact) mass is 249 g/mol. The first-order valence-corrected chi connectivity index (χ1v) is 6.56. The Balaban J connectivity index is 1.91. The summed E-state index contributed by atoms with van der Waals surface area (Å²) in [4.78, 5) is 0. The minimum absolute atomic E-state index is 0.304. The summed E-state index contributed by atoms with van der Waals surface area (Å²) < 4.78 is 14.1. The second kappa shape index (κ2) is 3.74. The summed E-state index contributed by atoms with van der Waals surface area (Å²) >= 11 is 0. The van der Waals surface area contributed by atoms with E-state index < -0.39 is 0 Å². The molecule has 1 fully saturated rings. The predicted molar refractivity (Wildman–Crippen MR) is 71.0 cm³/mol. The fraction of sp³-hybridized carbons (Fsp3) is 0.750. The molecule has 0 saturated carbocycles. The third-order valence-corrected chi connectivity index (χ3v) is 4.21. The van der Waals surface area contributed by atoms with E-state index in [9.17, 15) is 0 Å². The molecule has 0 spiro atoms. The predicted octanol–water partition coefficient (Wildman–Crippen LogP) is 0.998. The van der Waals surface area contributed by atoms with Gasteiger partial charge in [-0.15, -0.1) is 0 Å². The van der Waals surface area contributed by atoms with E-state index in [4.69, 9.17) is 9.31 Å². The molecule has 1 aromatic rings. The quantitative estimate of drug-likeness (QED) is 0.754. The van der Waals surface area contributed by atoms with Gasteiger partial charge in [0.25, 0.3) is 0 Å². The number of hydrogen-bond donors (Lipinski definition) is 1. The van der Waals surface area contributed by atoms with Crippen LogP contribution in [0, 0.1) is 0 Å². The van der Waals surface area contributed by atoms with E-state index in [1.807, 2.05) is 10.9 Å². The lowest BCUT2D eigenvalue weighted by Gasteiger charge is -2.32. The Morgan fingerprint density at radius 1 is 1.28 bits per heavy atom. The average molecular weight is 249 g/mol. The number of aromatic nitrogens is 2. The Hall–Kier alpha value is -1.01. The Bertz CT molecular complexity index is 454. The van der Waals surface area contributed by atoms with Gasteiger partial charge in [0.15, 0.2) is 0 Å². The van der Waals surface area contributed by atoms with Gasteiger partial charge < -0.3 is 14.6 Å². The van der Waals surface area contributed by atoms with Crippen LogP contribution in [0.1, 0.15) is 34.1 Å². The van der Waals surface area contributed by atoms with Gasteiger partial charge in [0.1, 0.15) is 5.82 Å². The van der Waals surface area contributed by atoms with Crippen molar-refractivity contribution in [2.75, 3.05) is 11.9 Å². The molecule has 98 valence electrons. The topological polar surface area (TPSA) is 48.3 Å². The molecule has 3 rings (SSSR count). The Kier molecular flexibility index (Phi) is 2.51. The van der Waals surface area contributed by atoms with Gasteiger partial charge in [-0.05, 0) is 34.1 Å². The van der Waals surface area contributed by atoms with Crippen molar-refractivity contribution in [1.82, 2.24) is 9.78 Å². The molecule has 6 heteroatoms. The van der Waals surface area contributed by atoms with Crippen molar-refractivity contribution >= 4 is 18.4 Å². The van der Waals surface area contributed by atoms with Crippen molar-refractivity contribution in [2.45, 2.75) is 51.9 Å². The first kappa shape index (κ1) is 12.1. The normalized spacial score (nSPS) is 24.8. The highest BCUT2D eigenvalue weighted by Crippen LogP contribution is 2.37. The Morgan fingerprint density at radius 3 is 2.61 bits per heavy atom. The molecule has 0 aromatic carbocycles. The first-order chi connectivity index (χ1) is 8.41. The number of rotatable bonds is 1. The van der Waals surface area contributed by atoms with Crippen LogP contribution in [0.2, 0.25) is 0 Å². The van der Waals surface area contributed by atoms with Gasteiger partial charge in [-0.3, -0.25) is 4.68 Å². The van der Waals surface area contributed by atoms with Crippen molar-refractivity contribution in [3.05, 3.63) is 6.20 Å². The summed E-state index contributed by atoms with van der Waals surface area (Å²) in [6, 6.07) is 0. The number of aryl methyl sites for hydroxylation is 1. The number of hydrogen-bond acceptors (Lipinski definition) is 4. The van der Waals surface area contributed by atoms with E-state index in [-0.39, 0.29) is 18.3 Å². The van der Waals surface area contributed by atoms with Crippen LogP contribution in [0.15, 0.2) is 6.20 Å². The maximum Gasteiger partial charge on any atom is 0.500 e. The van der Waals surface area contributed by atoms with E-state index in [0.717, 1.165) is 30.8 Å². The maximum absolute atomic E-state index is 6.06. The second-order valence-corrected chi connectivity index (χ2v) is 6.04. The highest BCUT2D eigenvalue weighted by Gasteiger charge is 2.53. The SMILES string of the molecule is CC1(C)OB(c2cnn3c2NCCC3)OC1(C)C. The number of fused-ring (bicyclic) bond motifs is 1. The molecule has 5 nitrogen and oxygen atoms in total. The van der Waals surface area contributed by atoms with E-state index in [1.165, 1.54) is 0 Å². The molecular formula is C12H20BN3O2. The van der Waals surface area contributed by atoms with E-state index in [2.05, 4.69) is 38.1 Å². The minimum atomic E-state index is -0.329. The highest BCUT2D eigenvalue weighted by atomic mass is 16.7. The van der Waals surface area contributed by atoms with Gasteiger partial charge in [0, 0.05) is 18.6 Å². The van der Waals surface area contributed by atoms with Gasteiger partial charge in [-0.1, -0.05) is 0 Å². The van der Waals surface area contributed by atoms with Gasteiger partial charge in [-0.2, -0.15) is 5.10 Å². The molecule has 0 amide bonds. The third-order valence-electron chi connectivity index (χ3n) is 4.21. The molecule has 18 heavy (non-hydrogen) atoms. The van der Waals surface area contributed by atoms with Gasteiger partial charge in [0.05, 0.1) is 17.4 Å². The summed E-state index contributed by atoms with van der Waals surface area (Å²) in [6.45, 7) is 10.2. The lowest BCUT2D eigenvalue weighted by molar-refractivity contribution is 0.00578. The lowest BCUT2D eigenvalue weighted by atomic mass is 9.80. The summed E-state index contributed by atoms with van der Waals surface area (Å²) in [6.07, 6.45) is 2.97. The van der Waals surface area contributed by atoms with Crippen LogP contribution in [0.25, 0.3) is 0 Å². The summed E-state index contributed by atoms with van der Waals surface area (Å²) in [5, 5.41) is 7.77. The molecule has 1 aromatic heterocycles. The molecule has 3 heterocycles. The lowest BCUT2D eigenvalue weighted by Crippen LogP contribution is -2.41. The van der Waals surface area contributed by atoms with Crippen LogP contribution >= 0.6 is 0 Å². The van der Waals surface area contributed by atoms with Crippen LogP contribution in [0.5, 0.6) is 0 Å². The van der Waals surface area contributed by atoms with Gasteiger partial charge >= 0.3 is 7.12 Å². The van der Waals surface area contributed by atoms with Gasteiger partial charge in [0.2, 0.25) is 0 Å². The first-order valence-electron chi connectivity index (χ1n) is 6.56. The fourth-order valence-corrected chi connectivity index (χ4v) is 2.34. The summed E-state index contributed by atoms with van der Waals surface area (Å²) in [5.41, 5.74) is 0.399. The maximum atomic E-state index is 6.06. The molecule has 0 atom stereocenters. The van der Waals surface area contributed by atoms with Crippen molar-refractivity contribution in [2.24, 2.45) is 0 Å². The molecule has 0 aliphatic carbocycles. The minimum Gasteiger partial charge on any atom is -0.399 e. The van der Waals surface area contributed by atoms with E-state index in [1.54, 1.807) is 0 Å². The zero-order chi connectivity index (χ0) is 13.0. The largest absolute Gasteiger partial charge is 0.500 e. The highest BCUT2D eigenvalue weighted by molar-refractivity contribution is 6.63. The van der Waals surface area contributed by atoms with Crippen LogP contribution < -0.4 is 10.8 Å². The number of anilines is 1. The van der Waals surface area contributed by atoms with Crippen LogP contribution in [0.4, 0.5) is 5.82 Å². The van der Waals surface area contributed by atoms with Crippen LogP contribution in [-0.4, -0.2) is 34.6 Å². The third kappa shape index (κ3) is 1.67. The van der Waals surface area contributed by atoms with Crippen molar-refractivity contribution in [3.63, 3.8) is 0 Å². The Morgan fingerprint density at radius 2 is 1.94 bits per heavy atom. The average Bonchev–Trinajstić information content (AvgIpc) is 2.78. The van der Waals surface area contributed by atoms with Crippen molar-refractivity contribution < 1.29 is 9.31 Å². The molecule has 2 aliphatic heterocycles. The molecule has 0 bridgehead atoms. The second-order valence-electron chi connectivity index (χ2n) is 6.04. The van der Waals surface area contributed by atoms with Gasteiger partial charge in [-0.25, -0.2) is 0 Å². The van der Waals surface area contributed by atoms with Crippen LogP contribution in [0.3, 0.4) is 0 Å². The Labute approximate surface area is 108 Å². The van der Waals surface area contributed by atoms with Crippen LogP contribution in [-0.2, 0) is 15.9 Å². The number of nitrogens with one attached hydrogen (secondary N) is 1. The smallest absolute Gasteiger partial charge is 0.399 e. The standard InChI is InChI=1S/C12H20BN3O2/c1-11(2)12(3,4)18-13(17-11)9-8-15-16-7-5-6-14-10(9)16/h8,14H,5-7H2,1-4H3. The molecular weight excluding hydrogens is 229 g/mol. The van der Waals surface area contributed by atoms with Crippen molar-refractivity contribution in [3.8, 4) is 0 Å². The number of nitrogens with zero attached hydrogens (tertiary/aromatic N) is 2. The van der Waals surface area contributed by atoms with Crippen molar-refractivity contribution in [1.29, 1.82) is 0 Å². The molecule has 1 N–H and O–H groups in total. The fourth-order valence-electron chi connectivity index (χ4n) is 2.34. The van der Waals surface area contributed by atoms with E-state index in [0.29, 0.717) is 0 Å². The molecule has 2 aliphatic rings.